The number of para-hydroxylation sites is 1. The molecule has 2 aromatic heterocycles. The molecule has 0 aliphatic rings. The number of anilines is 2. The van der Waals surface area contributed by atoms with Crippen LogP contribution >= 0.6 is 0 Å². The van der Waals surface area contributed by atoms with Crippen LogP contribution in [-0.2, 0) is 11.8 Å². The van der Waals surface area contributed by atoms with E-state index >= 15 is 0 Å². The number of carbonyl (C=O) groups is 1. The van der Waals surface area contributed by atoms with Crippen molar-refractivity contribution in [3.8, 4) is 0 Å². The Hall–Kier alpha value is -2.89. The third kappa shape index (κ3) is 2.76. The predicted molar refractivity (Wildman–Crippen MR) is 86.7 cm³/mol. The fraction of sp³-hybridized carbons (Fsp3) is 0.188. The summed E-state index contributed by atoms with van der Waals surface area (Å²) in [6, 6.07) is 10.9. The molecular formula is C16H17N5O. The minimum atomic E-state index is -0.383. The van der Waals surface area contributed by atoms with Crippen LogP contribution in [0, 0.1) is 0 Å². The summed E-state index contributed by atoms with van der Waals surface area (Å²) in [5.41, 5.74) is 2.40. The summed E-state index contributed by atoms with van der Waals surface area (Å²) in [7, 11) is 1.84. The van der Waals surface area contributed by atoms with Crippen LogP contribution in [0.5, 0.6) is 0 Å². The smallest absolute Gasteiger partial charge is 0.246 e. The fourth-order valence-electron chi connectivity index (χ4n) is 2.24. The number of benzene rings is 1. The van der Waals surface area contributed by atoms with E-state index in [0.29, 0.717) is 0 Å². The number of hydrogen-bond donors (Lipinski definition) is 2. The van der Waals surface area contributed by atoms with Gasteiger partial charge in [-0.3, -0.25) is 9.48 Å². The monoisotopic (exact) mass is 295 g/mol. The highest BCUT2D eigenvalue weighted by Crippen LogP contribution is 2.21. The summed E-state index contributed by atoms with van der Waals surface area (Å²) >= 11 is 0. The van der Waals surface area contributed by atoms with E-state index in [-0.39, 0.29) is 11.9 Å². The molecule has 2 heterocycles. The molecule has 2 N–H and O–H groups in total. The molecule has 0 saturated heterocycles. The number of hydrogen-bond acceptors (Lipinski definition) is 4. The molecule has 1 aromatic carbocycles. The van der Waals surface area contributed by atoms with E-state index in [0.717, 1.165) is 22.4 Å². The van der Waals surface area contributed by atoms with Gasteiger partial charge in [0.25, 0.3) is 0 Å². The molecule has 0 aliphatic heterocycles. The van der Waals surface area contributed by atoms with Crippen LogP contribution in [0.3, 0.4) is 0 Å². The Balaban J connectivity index is 1.75. The van der Waals surface area contributed by atoms with E-state index in [4.69, 9.17) is 0 Å². The fourth-order valence-corrected chi connectivity index (χ4v) is 2.24. The van der Waals surface area contributed by atoms with Crippen molar-refractivity contribution in [2.24, 2.45) is 7.05 Å². The predicted octanol–water partition coefficient (Wildman–Crippen LogP) is 2.41. The summed E-state index contributed by atoms with van der Waals surface area (Å²) in [5.74, 6) is -0.0972. The molecule has 0 saturated carbocycles. The van der Waals surface area contributed by atoms with Crippen molar-refractivity contribution in [3.05, 3.63) is 48.8 Å². The van der Waals surface area contributed by atoms with Crippen molar-refractivity contribution in [1.82, 2.24) is 14.8 Å². The van der Waals surface area contributed by atoms with E-state index < -0.39 is 0 Å². The second-order valence-corrected chi connectivity index (χ2v) is 5.09. The average molecular weight is 295 g/mol. The Labute approximate surface area is 128 Å². The Kier molecular flexibility index (Phi) is 3.74. The van der Waals surface area contributed by atoms with Gasteiger partial charge in [0.05, 0.1) is 11.6 Å². The molecule has 22 heavy (non-hydrogen) atoms. The zero-order chi connectivity index (χ0) is 15.5. The number of aromatic nitrogens is 3. The number of rotatable bonds is 4. The summed E-state index contributed by atoms with van der Waals surface area (Å²) in [6.45, 7) is 1.82. The summed E-state index contributed by atoms with van der Waals surface area (Å²) in [4.78, 5) is 16.5. The standard InChI is InChI=1S/C16H17N5O/c1-11(16(22)20-12-6-4-3-5-7-12)19-14-8-9-17-15-13(14)10-18-21(15)2/h3-11H,1-2H3,(H,17,19)(H,20,22). The maximum absolute atomic E-state index is 12.2. The van der Waals surface area contributed by atoms with Crippen molar-refractivity contribution >= 4 is 28.3 Å². The first kappa shape index (κ1) is 14.1. The van der Waals surface area contributed by atoms with Gasteiger partial charge in [0, 0.05) is 24.6 Å². The topological polar surface area (TPSA) is 71.8 Å². The van der Waals surface area contributed by atoms with Crippen molar-refractivity contribution in [2.45, 2.75) is 13.0 Å². The van der Waals surface area contributed by atoms with E-state index in [1.54, 1.807) is 17.1 Å². The van der Waals surface area contributed by atoms with Crippen LogP contribution in [0.4, 0.5) is 11.4 Å². The lowest BCUT2D eigenvalue weighted by atomic mass is 10.2. The Morgan fingerprint density at radius 3 is 2.77 bits per heavy atom. The number of nitrogens with zero attached hydrogens (tertiary/aromatic N) is 3. The van der Waals surface area contributed by atoms with E-state index in [9.17, 15) is 4.79 Å². The normalized spacial score (nSPS) is 12.1. The van der Waals surface area contributed by atoms with Gasteiger partial charge in [-0.05, 0) is 25.1 Å². The second kappa shape index (κ2) is 5.85. The van der Waals surface area contributed by atoms with E-state index in [1.165, 1.54) is 0 Å². The molecule has 0 radical (unpaired) electrons. The number of fused-ring (bicyclic) bond motifs is 1. The Morgan fingerprint density at radius 1 is 1.23 bits per heavy atom. The quantitative estimate of drug-likeness (QED) is 0.775. The van der Waals surface area contributed by atoms with Crippen LogP contribution in [0.25, 0.3) is 11.0 Å². The first-order valence-electron chi connectivity index (χ1n) is 7.04. The molecule has 0 spiro atoms. The highest BCUT2D eigenvalue weighted by molar-refractivity contribution is 5.98. The Bertz CT molecular complexity index is 797. The lowest BCUT2D eigenvalue weighted by Crippen LogP contribution is -2.31. The molecule has 0 bridgehead atoms. The minimum Gasteiger partial charge on any atom is -0.373 e. The highest BCUT2D eigenvalue weighted by atomic mass is 16.2. The van der Waals surface area contributed by atoms with Crippen LogP contribution < -0.4 is 10.6 Å². The van der Waals surface area contributed by atoms with Gasteiger partial charge in [0.1, 0.15) is 6.04 Å². The zero-order valence-corrected chi connectivity index (χ0v) is 12.4. The zero-order valence-electron chi connectivity index (χ0n) is 12.4. The Morgan fingerprint density at radius 2 is 2.00 bits per heavy atom. The minimum absolute atomic E-state index is 0.0972. The molecule has 6 nitrogen and oxygen atoms in total. The largest absolute Gasteiger partial charge is 0.373 e. The lowest BCUT2D eigenvalue weighted by Gasteiger charge is -2.15. The summed E-state index contributed by atoms with van der Waals surface area (Å²) < 4.78 is 1.70. The highest BCUT2D eigenvalue weighted by Gasteiger charge is 2.15. The van der Waals surface area contributed by atoms with Crippen LogP contribution in [0.2, 0.25) is 0 Å². The second-order valence-electron chi connectivity index (χ2n) is 5.09. The molecule has 0 aliphatic carbocycles. The van der Waals surface area contributed by atoms with Gasteiger partial charge >= 0.3 is 0 Å². The van der Waals surface area contributed by atoms with Gasteiger partial charge in [-0.2, -0.15) is 5.10 Å². The summed E-state index contributed by atoms with van der Waals surface area (Å²) in [6.07, 6.45) is 3.45. The van der Waals surface area contributed by atoms with Crippen molar-refractivity contribution < 1.29 is 4.79 Å². The van der Waals surface area contributed by atoms with Gasteiger partial charge < -0.3 is 10.6 Å². The van der Waals surface area contributed by atoms with Crippen molar-refractivity contribution in [1.29, 1.82) is 0 Å². The van der Waals surface area contributed by atoms with Gasteiger partial charge in [-0.15, -0.1) is 0 Å². The first-order valence-corrected chi connectivity index (χ1v) is 7.04. The summed E-state index contributed by atoms with van der Waals surface area (Å²) in [5, 5.41) is 11.2. The van der Waals surface area contributed by atoms with Gasteiger partial charge in [-0.1, -0.05) is 18.2 Å². The molecule has 1 amide bonds. The number of aryl methyl sites for hydroxylation is 1. The maximum atomic E-state index is 12.2. The molecule has 0 fully saturated rings. The maximum Gasteiger partial charge on any atom is 0.246 e. The molecule has 3 rings (SSSR count). The number of pyridine rings is 1. The van der Waals surface area contributed by atoms with Crippen LogP contribution in [0.1, 0.15) is 6.92 Å². The SMILES string of the molecule is CC(Nc1ccnc2c1cnn2C)C(=O)Nc1ccccc1. The van der Waals surface area contributed by atoms with Gasteiger partial charge in [-0.25, -0.2) is 4.98 Å². The van der Waals surface area contributed by atoms with E-state index in [1.807, 2.05) is 50.4 Å². The first-order chi connectivity index (χ1) is 10.6. The molecule has 3 aromatic rings. The van der Waals surface area contributed by atoms with Gasteiger partial charge in [0.2, 0.25) is 5.91 Å². The molecule has 112 valence electrons. The van der Waals surface area contributed by atoms with Crippen LogP contribution in [-0.4, -0.2) is 26.7 Å². The molecule has 1 atom stereocenters. The van der Waals surface area contributed by atoms with E-state index in [2.05, 4.69) is 20.7 Å². The number of amides is 1. The number of carbonyl (C=O) groups excluding carboxylic acids is 1. The molecule has 6 heteroatoms. The average Bonchev–Trinajstić information content (AvgIpc) is 2.91. The number of nitrogens with one attached hydrogen (secondary N) is 2. The molecule has 1 unspecified atom stereocenters. The van der Waals surface area contributed by atoms with Crippen molar-refractivity contribution in [3.63, 3.8) is 0 Å². The lowest BCUT2D eigenvalue weighted by molar-refractivity contribution is -0.116. The van der Waals surface area contributed by atoms with Crippen LogP contribution in [0.15, 0.2) is 48.8 Å². The molecular weight excluding hydrogens is 278 g/mol. The van der Waals surface area contributed by atoms with Crippen molar-refractivity contribution in [2.75, 3.05) is 10.6 Å². The third-order valence-corrected chi connectivity index (χ3v) is 3.44. The third-order valence-electron chi connectivity index (χ3n) is 3.44. The van der Waals surface area contributed by atoms with Gasteiger partial charge in [0.15, 0.2) is 5.65 Å².